The number of unbranched alkanes of at least 4 members (excludes halogenated alkanes) is 4. The summed E-state index contributed by atoms with van der Waals surface area (Å²) in [5.41, 5.74) is 7.25. The smallest absolute Gasteiger partial charge is 0.0834 e. The quantitative estimate of drug-likeness (QED) is 0.680. The van der Waals surface area contributed by atoms with E-state index in [4.69, 9.17) is 17.3 Å². The van der Waals surface area contributed by atoms with Gasteiger partial charge in [-0.05, 0) is 12.8 Å². The number of hydrogen-bond donors (Lipinski definition) is 1. The fourth-order valence-corrected chi connectivity index (χ4v) is 2.52. The van der Waals surface area contributed by atoms with Gasteiger partial charge in [0.1, 0.15) is 0 Å². The molecule has 2 N–H and O–H groups in total. The Morgan fingerprint density at radius 3 is 2.61 bits per heavy atom. The van der Waals surface area contributed by atoms with Gasteiger partial charge in [-0.15, -0.1) is 0 Å². The van der Waals surface area contributed by atoms with Gasteiger partial charge in [-0.2, -0.15) is 5.10 Å². The number of hydrogen-bond acceptors (Lipinski definition) is 2. The van der Waals surface area contributed by atoms with Gasteiger partial charge in [0.2, 0.25) is 0 Å². The van der Waals surface area contributed by atoms with Crippen molar-refractivity contribution in [2.24, 2.45) is 5.73 Å². The minimum Gasteiger partial charge on any atom is -0.323 e. The van der Waals surface area contributed by atoms with Crippen LogP contribution in [-0.4, -0.2) is 9.78 Å². The molecular formula is C14H26ClN3. The Bertz CT molecular complexity index is 336. The third kappa shape index (κ3) is 4.62. The maximum atomic E-state index is 6.24. The second-order valence-corrected chi connectivity index (χ2v) is 5.32. The number of nitrogens with two attached hydrogens (primary N) is 1. The fourth-order valence-electron chi connectivity index (χ4n) is 2.24. The van der Waals surface area contributed by atoms with Crippen molar-refractivity contribution in [3.05, 3.63) is 16.9 Å². The first-order valence-corrected chi connectivity index (χ1v) is 7.55. The zero-order valence-electron chi connectivity index (χ0n) is 11.7. The van der Waals surface area contributed by atoms with Crippen LogP contribution in [0.15, 0.2) is 6.20 Å². The number of nitrogens with zero attached hydrogens (tertiary/aromatic N) is 2. The summed E-state index contributed by atoms with van der Waals surface area (Å²) in [5, 5.41) is 5.00. The van der Waals surface area contributed by atoms with Crippen LogP contribution in [0.5, 0.6) is 0 Å². The topological polar surface area (TPSA) is 43.8 Å². The van der Waals surface area contributed by atoms with Crippen molar-refractivity contribution in [1.82, 2.24) is 9.78 Å². The molecule has 0 spiro atoms. The van der Waals surface area contributed by atoms with E-state index in [0.29, 0.717) is 5.02 Å². The maximum Gasteiger partial charge on any atom is 0.0834 e. The lowest BCUT2D eigenvalue weighted by molar-refractivity contribution is 0.499. The minimum absolute atomic E-state index is 0.0215. The molecule has 1 aromatic heterocycles. The predicted octanol–water partition coefficient (Wildman–Crippen LogP) is 4.31. The molecule has 0 aliphatic heterocycles. The van der Waals surface area contributed by atoms with Gasteiger partial charge in [-0.1, -0.05) is 57.6 Å². The average molecular weight is 272 g/mol. The largest absolute Gasteiger partial charge is 0.323 e. The van der Waals surface area contributed by atoms with E-state index in [2.05, 4.69) is 18.9 Å². The van der Waals surface area contributed by atoms with Crippen molar-refractivity contribution >= 4 is 11.6 Å². The van der Waals surface area contributed by atoms with Gasteiger partial charge in [0.25, 0.3) is 0 Å². The molecule has 104 valence electrons. The Balaban J connectivity index is 2.44. The molecule has 1 rings (SSSR count). The van der Waals surface area contributed by atoms with Crippen LogP contribution >= 0.6 is 11.6 Å². The fraction of sp³-hybridized carbons (Fsp3) is 0.786. The molecule has 0 radical (unpaired) electrons. The second kappa shape index (κ2) is 8.54. The highest BCUT2D eigenvalue weighted by Crippen LogP contribution is 2.25. The van der Waals surface area contributed by atoms with Crippen LogP contribution in [0.1, 0.15) is 70.5 Å². The summed E-state index contributed by atoms with van der Waals surface area (Å²) in [6, 6.07) is 0.0215. The molecule has 18 heavy (non-hydrogen) atoms. The van der Waals surface area contributed by atoms with Crippen LogP contribution in [0.25, 0.3) is 0 Å². The first kappa shape index (κ1) is 15.5. The highest BCUT2D eigenvalue weighted by atomic mass is 35.5. The summed E-state index contributed by atoms with van der Waals surface area (Å²) < 4.78 is 1.96. The lowest BCUT2D eigenvalue weighted by Gasteiger charge is -2.14. The van der Waals surface area contributed by atoms with Crippen LogP contribution in [0.2, 0.25) is 5.02 Å². The molecule has 0 amide bonds. The van der Waals surface area contributed by atoms with Gasteiger partial charge in [-0.3, -0.25) is 4.68 Å². The molecule has 1 atom stereocenters. The molecular weight excluding hydrogens is 246 g/mol. The lowest BCUT2D eigenvalue weighted by atomic mass is 10.0. The van der Waals surface area contributed by atoms with Crippen molar-refractivity contribution in [2.75, 3.05) is 0 Å². The summed E-state index contributed by atoms with van der Waals surface area (Å²) in [6.07, 6.45) is 10.1. The van der Waals surface area contributed by atoms with Crippen molar-refractivity contribution in [1.29, 1.82) is 0 Å². The van der Waals surface area contributed by atoms with E-state index in [-0.39, 0.29) is 6.04 Å². The third-order valence-corrected chi connectivity index (χ3v) is 3.53. The first-order valence-electron chi connectivity index (χ1n) is 7.17. The molecule has 0 aliphatic carbocycles. The van der Waals surface area contributed by atoms with Gasteiger partial charge >= 0.3 is 0 Å². The number of aromatic nitrogens is 2. The Kier molecular flexibility index (Phi) is 7.36. The molecule has 0 fully saturated rings. The molecule has 4 heteroatoms. The highest BCUT2D eigenvalue weighted by molar-refractivity contribution is 6.31. The Morgan fingerprint density at radius 2 is 1.94 bits per heavy atom. The Labute approximate surface area is 116 Å². The Morgan fingerprint density at radius 1 is 1.22 bits per heavy atom. The summed E-state index contributed by atoms with van der Waals surface area (Å²) in [5.74, 6) is 0. The van der Waals surface area contributed by atoms with Gasteiger partial charge in [0, 0.05) is 12.6 Å². The van der Waals surface area contributed by atoms with E-state index in [1.807, 2.05) is 4.68 Å². The van der Waals surface area contributed by atoms with Crippen molar-refractivity contribution in [3.8, 4) is 0 Å². The van der Waals surface area contributed by atoms with E-state index in [9.17, 15) is 0 Å². The van der Waals surface area contributed by atoms with Gasteiger partial charge < -0.3 is 5.73 Å². The molecule has 1 aromatic rings. The van der Waals surface area contributed by atoms with Crippen LogP contribution in [0.4, 0.5) is 0 Å². The molecule has 0 aliphatic rings. The van der Waals surface area contributed by atoms with Gasteiger partial charge in [-0.25, -0.2) is 0 Å². The normalized spacial score (nSPS) is 12.9. The molecule has 3 nitrogen and oxygen atoms in total. The van der Waals surface area contributed by atoms with Crippen molar-refractivity contribution in [3.63, 3.8) is 0 Å². The summed E-state index contributed by atoms with van der Waals surface area (Å²) >= 11 is 6.17. The zero-order valence-corrected chi connectivity index (χ0v) is 12.4. The standard InChI is InChI=1S/C14H26ClN3/c1-3-5-6-7-8-9-13(16)14-12(15)11-17-18(14)10-4-2/h11,13H,3-10,16H2,1-2H3. The van der Waals surface area contributed by atoms with Gasteiger partial charge in [0.15, 0.2) is 0 Å². The maximum absolute atomic E-state index is 6.24. The van der Waals surface area contributed by atoms with E-state index in [0.717, 1.165) is 25.1 Å². The molecule has 1 heterocycles. The second-order valence-electron chi connectivity index (χ2n) is 4.91. The van der Waals surface area contributed by atoms with Crippen LogP contribution in [-0.2, 0) is 6.54 Å². The number of aryl methyl sites for hydroxylation is 1. The summed E-state index contributed by atoms with van der Waals surface area (Å²) in [6.45, 7) is 5.26. The van der Waals surface area contributed by atoms with Crippen LogP contribution in [0, 0.1) is 0 Å². The van der Waals surface area contributed by atoms with Crippen LogP contribution in [0.3, 0.4) is 0 Å². The number of halogens is 1. The predicted molar refractivity (Wildman–Crippen MR) is 77.8 cm³/mol. The minimum atomic E-state index is 0.0215. The molecule has 0 aromatic carbocycles. The van der Waals surface area contributed by atoms with E-state index < -0.39 is 0 Å². The molecule has 1 unspecified atom stereocenters. The van der Waals surface area contributed by atoms with Crippen molar-refractivity contribution < 1.29 is 0 Å². The van der Waals surface area contributed by atoms with Crippen molar-refractivity contribution in [2.45, 2.75) is 71.4 Å². The summed E-state index contributed by atoms with van der Waals surface area (Å²) in [7, 11) is 0. The van der Waals surface area contributed by atoms with E-state index in [1.165, 1.54) is 32.1 Å². The molecule has 0 bridgehead atoms. The lowest BCUT2D eigenvalue weighted by Crippen LogP contribution is -2.17. The average Bonchev–Trinajstić information content (AvgIpc) is 2.71. The third-order valence-electron chi connectivity index (χ3n) is 3.24. The highest BCUT2D eigenvalue weighted by Gasteiger charge is 2.16. The molecule has 0 saturated heterocycles. The van der Waals surface area contributed by atoms with E-state index in [1.54, 1.807) is 6.20 Å². The van der Waals surface area contributed by atoms with Gasteiger partial charge in [0.05, 0.1) is 16.9 Å². The monoisotopic (exact) mass is 271 g/mol. The van der Waals surface area contributed by atoms with Crippen LogP contribution < -0.4 is 5.73 Å². The van der Waals surface area contributed by atoms with E-state index >= 15 is 0 Å². The molecule has 0 saturated carbocycles. The zero-order chi connectivity index (χ0) is 13.4. The number of rotatable bonds is 9. The SMILES string of the molecule is CCCCCCCC(N)c1c(Cl)cnn1CCC. The first-order chi connectivity index (χ1) is 8.70. The Hall–Kier alpha value is -0.540. The summed E-state index contributed by atoms with van der Waals surface area (Å²) in [4.78, 5) is 0.